The molecule has 0 unspecified atom stereocenters. The number of ether oxygens (including phenoxy) is 1. The predicted molar refractivity (Wildman–Crippen MR) is 174 cm³/mol. The van der Waals surface area contributed by atoms with Crippen LogP contribution in [0, 0.1) is 0 Å². The number of benzene rings is 5. The molecule has 2 fully saturated rings. The van der Waals surface area contributed by atoms with Crippen molar-refractivity contribution < 1.29 is 14.6 Å². The minimum absolute atomic E-state index is 0.149. The second-order valence-corrected chi connectivity index (χ2v) is 11.6. The number of methoxy groups -OCH3 is 1. The van der Waals surface area contributed by atoms with Crippen molar-refractivity contribution in [3.8, 4) is 5.75 Å². The Balaban J connectivity index is 0.000000167. The van der Waals surface area contributed by atoms with Crippen molar-refractivity contribution in [2.45, 2.75) is 17.7 Å². The van der Waals surface area contributed by atoms with Crippen molar-refractivity contribution in [1.82, 2.24) is 9.80 Å². The number of β-amino-alcohol motifs (C(OH)–C–C–N with tert-alkyl or cyclic N) is 1. The molecular formula is C39H38N2O3. The number of ketones is 1. The second kappa shape index (κ2) is 13.4. The van der Waals surface area contributed by atoms with Gasteiger partial charge in [-0.25, -0.2) is 0 Å². The number of Topliss-reactive ketones (excluding diaryl/α,β-unsaturated/α-hetero) is 1. The standard InChI is InChI=1S/C23H23NO2.C16H15NO/c1-26-21-14-12-20(13-15-21)23(25)16-24(17-23)22(18-8-4-2-5-9-18)19-10-6-3-7-11-19;18-15-11-17(12-15)16(13-7-3-1-4-8-13)14-9-5-2-6-10-14/h2-15,22,25H,16-17H2,1H3;1-10,16H,11-12H2. The molecule has 5 aromatic rings. The summed E-state index contributed by atoms with van der Waals surface area (Å²) in [6, 6.07) is 49.8. The predicted octanol–water partition coefficient (Wildman–Crippen LogP) is 6.65. The quantitative estimate of drug-likeness (QED) is 0.222. The lowest BCUT2D eigenvalue weighted by molar-refractivity contribution is -0.130. The minimum Gasteiger partial charge on any atom is -0.497 e. The largest absolute Gasteiger partial charge is 0.497 e. The van der Waals surface area contributed by atoms with Crippen LogP contribution in [0.5, 0.6) is 5.75 Å². The highest BCUT2D eigenvalue weighted by molar-refractivity contribution is 5.88. The molecule has 1 N–H and O–H groups in total. The van der Waals surface area contributed by atoms with Crippen molar-refractivity contribution in [3.63, 3.8) is 0 Å². The molecule has 5 heteroatoms. The molecule has 0 radical (unpaired) electrons. The van der Waals surface area contributed by atoms with Gasteiger partial charge in [-0.3, -0.25) is 14.6 Å². The van der Waals surface area contributed by atoms with Crippen LogP contribution in [0.4, 0.5) is 0 Å². The molecule has 2 aliphatic heterocycles. The van der Waals surface area contributed by atoms with Crippen molar-refractivity contribution in [3.05, 3.63) is 173 Å². The second-order valence-electron chi connectivity index (χ2n) is 11.6. The lowest BCUT2D eigenvalue weighted by Crippen LogP contribution is -2.60. The maximum atomic E-state index is 11.2. The fraction of sp³-hybridized carbons (Fsp3) is 0.205. The van der Waals surface area contributed by atoms with Crippen LogP contribution in [0.3, 0.4) is 0 Å². The lowest BCUT2D eigenvalue weighted by atomic mass is 9.82. The van der Waals surface area contributed by atoms with Crippen LogP contribution < -0.4 is 4.74 Å². The van der Waals surface area contributed by atoms with E-state index < -0.39 is 5.60 Å². The summed E-state index contributed by atoms with van der Waals surface area (Å²) in [5.74, 6) is 1.13. The van der Waals surface area contributed by atoms with Crippen molar-refractivity contribution in [2.24, 2.45) is 0 Å². The highest BCUT2D eigenvalue weighted by Gasteiger charge is 2.46. The van der Waals surface area contributed by atoms with Gasteiger partial charge in [-0.2, -0.15) is 0 Å². The van der Waals surface area contributed by atoms with Gasteiger partial charge in [0, 0.05) is 13.1 Å². The molecule has 0 atom stereocenters. The third kappa shape index (κ3) is 6.51. The highest BCUT2D eigenvalue weighted by Crippen LogP contribution is 2.41. The summed E-state index contributed by atoms with van der Waals surface area (Å²) < 4.78 is 5.22. The van der Waals surface area contributed by atoms with E-state index in [1.807, 2.05) is 72.8 Å². The Bertz CT molecular complexity index is 1530. The van der Waals surface area contributed by atoms with Crippen LogP contribution in [0.2, 0.25) is 0 Å². The number of nitrogens with zero attached hydrogens (tertiary/aromatic N) is 2. The summed E-state index contributed by atoms with van der Waals surface area (Å²) in [4.78, 5) is 15.8. The maximum absolute atomic E-state index is 11.2. The highest BCUT2D eigenvalue weighted by atomic mass is 16.5. The Morgan fingerprint density at radius 2 is 0.932 bits per heavy atom. The number of hydrogen-bond donors (Lipinski definition) is 1. The summed E-state index contributed by atoms with van der Waals surface area (Å²) in [5, 5.41) is 11.1. The molecule has 0 amide bonds. The topological polar surface area (TPSA) is 53.0 Å². The molecule has 0 spiro atoms. The van der Waals surface area contributed by atoms with Gasteiger partial charge in [0.2, 0.25) is 0 Å². The monoisotopic (exact) mass is 582 g/mol. The van der Waals surface area contributed by atoms with E-state index in [-0.39, 0.29) is 12.1 Å². The molecule has 0 aromatic heterocycles. The number of rotatable bonds is 8. The fourth-order valence-electron chi connectivity index (χ4n) is 6.25. The van der Waals surface area contributed by atoms with E-state index in [2.05, 4.69) is 82.6 Å². The Kier molecular flexibility index (Phi) is 8.99. The fourth-order valence-corrected chi connectivity index (χ4v) is 6.25. The molecule has 5 nitrogen and oxygen atoms in total. The lowest BCUT2D eigenvalue weighted by Gasteiger charge is -2.50. The average molecular weight is 583 g/mol. The molecule has 0 saturated carbocycles. The summed E-state index contributed by atoms with van der Waals surface area (Å²) in [5.41, 5.74) is 5.11. The van der Waals surface area contributed by atoms with Crippen LogP contribution in [0.25, 0.3) is 0 Å². The van der Waals surface area contributed by atoms with E-state index in [0.29, 0.717) is 32.0 Å². The molecule has 222 valence electrons. The number of hydrogen-bond acceptors (Lipinski definition) is 5. The molecule has 2 saturated heterocycles. The number of aliphatic hydroxyl groups is 1. The van der Waals surface area contributed by atoms with Gasteiger partial charge in [0.15, 0.2) is 5.78 Å². The number of likely N-dealkylation sites (tertiary alicyclic amines) is 2. The SMILES string of the molecule is COc1ccc(C2(O)CN(C(c3ccccc3)c3ccccc3)C2)cc1.O=C1CN(C(c2ccccc2)c2ccccc2)C1. The van der Waals surface area contributed by atoms with Crippen LogP contribution in [-0.4, -0.2) is 54.0 Å². The van der Waals surface area contributed by atoms with E-state index in [9.17, 15) is 9.90 Å². The van der Waals surface area contributed by atoms with Gasteiger partial charge in [0.1, 0.15) is 11.4 Å². The van der Waals surface area contributed by atoms with E-state index >= 15 is 0 Å². The average Bonchev–Trinajstić information content (AvgIpc) is 3.06. The third-order valence-electron chi connectivity index (χ3n) is 8.51. The van der Waals surface area contributed by atoms with Crippen LogP contribution in [0.1, 0.15) is 39.9 Å². The van der Waals surface area contributed by atoms with Crippen LogP contribution >= 0.6 is 0 Å². The van der Waals surface area contributed by atoms with Gasteiger partial charge in [-0.05, 0) is 39.9 Å². The molecule has 5 aromatic carbocycles. The van der Waals surface area contributed by atoms with E-state index in [4.69, 9.17) is 4.74 Å². The van der Waals surface area contributed by atoms with E-state index in [0.717, 1.165) is 11.3 Å². The Hall–Kier alpha value is -4.55. The van der Waals surface area contributed by atoms with Gasteiger partial charge >= 0.3 is 0 Å². The summed E-state index contributed by atoms with van der Waals surface area (Å²) >= 11 is 0. The smallest absolute Gasteiger partial charge is 0.160 e. The van der Waals surface area contributed by atoms with E-state index in [1.165, 1.54) is 22.3 Å². The first-order valence-electron chi connectivity index (χ1n) is 15.1. The Labute approximate surface area is 260 Å². The molecule has 0 aliphatic carbocycles. The Morgan fingerprint density at radius 3 is 1.27 bits per heavy atom. The summed E-state index contributed by atoms with van der Waals surface area (Å²) in [6.45, 7) is 2.34. The van der Waals surface area contributed by atoms with E-state index in [1.54, 1.807) is 7.11 Å². The van der Waals surface area contributed by atoms with Gasteiger partial charge < -0.3 is 9.84 Å². The van der Waals surface area contributed by atoms with Gasteiger partial charge in [-0.15, -0.1) is 0 Å². The first-order chi connectivity index (χ1) is 21.5. The van der Waals surface area contributed by atoms with Crippen molar-refractivity contribution in [2.75, 3.05) is 33.3 Å². The molecule has 44 heavy (non-hydrogen) atoms. The van der Waals surface area contributed by atoms with Gasteiger partial charge in [0.25, 0.3) is 0 Å². The molecular weight excluding hydrogens is 544 g/mol. The molecule has 2 heterocycles. The molecule has 2 aliphatic rings. The first kappa shape index (κ1) is 29.5. The first-order valence-corrected chi connectivity index (χ1v) is 15.1. The number of carbonyl (C=O) groups excluding carboxylic acids is 1. The van der Waals surface area contributed by atoms with Gasteiger partial charge in [-0.1, -0.05) is 133 Å². The third-order valence-corrected chi connectivity index (χ3v) is 8.51. The zero-order valence-electron chi connectivity index (χ0n) is 25.0. The maximum Gasteiger partial charge on any atom is 0.160 e. The van der Waals surface area contributed by atoms with Gasteiger partial charge in [0.05, 0.1) is 32.3 Å². The zero-order chi connectivity index (χ0) is 30.4. The normalized spacial score (nSPS) is 16.0. The molecule has 0 bridgehead atoms. The summed E-state index contributed by atoms with van der Waals surface area (Å²) in [7, 11) is 1.65. The minimum atomic E-state index is -0.811. The zero-order valence-corrected chi connectivity index (χ0v) is 25.0. The van der Waals surface area contributed by atoms with Crippen LogP contribution in [0.15, 0.2) is 146 Å². The van der Waals surface area contributed by atoms with Crippen molar-refractivity contribution >= 4 is 5.78 Å². The van der Waals surface area contributed by atoms with Crippen LogP contribution in [-0.2, 0) is 10.4 Å². The Morgan fingerprint density at radius 1 is 0.568 bits per heavy atom. The summed E-state index contributed by atoms with van der Waals surface area (Å²) in [6.07, 6.45) is 0. The van der Waals surface area contributed by atoms with Crippen molar-refractivity contribution in [1.29, 1.82) is 0 Å². The number of carbonyl (C=O) groups is 1. The molecule has 7 rings (SSSR count).